The van der Waals surface area contributed by atoms with Crippen molar-refractivity contribution >= 4 is 29.7 Å². The first-order chi connectivity index (χ1) is 31.1. The van der Waals surface area contributed by atoms with E-state index < -0.39 is 11.7 Å². The number of anilines is 1. The van der Waals surface area contributed by atoms with Crippen molar-refractivity contribution in [3.05, 3.63) is 142 Å². The van der Waals surface area contributed by atoms with Crippen LogP contribution in [0.3, 0.4) is 0 Å². The van der Waals surface area contributed by atoms with Gasteiger partial charge in [-0.1, -0.05) is 54.6 Å². The summed E-state index contributed by atoms with van der Waals surface area (Å²) in [5.41, 5.74) is 8.89. The molecule has 0 spiro atoms. The van der Waals surface area contributed by atoms with Crippen molar-refractivity contribution in [3.63, 3.8) is 0 Å². The van der Waals surface area contributed by atoms with Gasteiger partial charge in [-0.05, 0) is 143 Å². The fourth-order valence-electron chi connectivity index (χ4n) is 9.25. The van der Waals surface area contributed by atoms with Gasteiger partial charge in [-0.2, -0.15) is 0 Å². The van der Waals surface area contributed by atoms with Crippen LogP contribution >= 0.6 is 0 Å². The molecule has 8 rings (SSSR count). The number of carbonyl (C=O) groups excluding carboxylic acids is 4. The predicted octanol–water partition coefficient (Wildman–Crippen LogP) is 9.77. The van der Waals surface area contributed by atoms with E-state index in [-0.39, 0.29) is 36.1 Å². The molecule has 0 radical (unpaired) electrons. The Morgan fingerprint density at radius 2 is 1.49 bits per heavy atom. The summed E-state index contributed by atoms with van der Waals surface area (Å²) in [7, 11) is 3.70. The Bertz CT molecular complexity index is 2550. The SMILES string of the molecule is Cc1c(C(=O)N(C)c2ccc(OCc3ccccc3)cc2)cc(-c2cc3c(cc2C(=O)N2Cc4ccccc4C[C@H]2C)CN(C(=O)O[C@H]2CC[C@H](NC(=O)OC(C)(C)C)CC2)CC3)n1C. The third-order valence-corrected chi connectivity index (χ3v) is 13.1. The smallest absolute Gasteiger partial charge is 0.410 e. The first-order valence-corrected chi connectivity index (χ1v) is 22.8. The molecule has 3 aliphatic rings. The summed E-state index contributed by atoms with van der Waals surface area (Å²) in [4.78, 5) is 60.7. The molecule has 0 unspecified atom stereocenters. The lowest BCUT2D eigenvalue weighted by atomic mass is 9.90. The van der Waals surface area contributed by atoms with Gasteiger partial charge in [-0.25, -0.2) is 9.59 Å². The topological polar surface area (TPSA) is 123 Å². The first-order valence-electron chi connectivity index (χ1n) is 22.8. The summed E-state index contributed by atoms with van der Waals surface area (Å²) in [6.45, 7) is 11.2. The van der Waals surface area contributed by atoms with Gasteiger partial charge in [-0.3, -0.25) is 9.59 Å². The highest BCUT2D eigenvalue weighted by Crippen LogP contribution is 2.36. The summed E-state index contributed by atoms with van der Waals surface area (Å²) in [5.74, 6) is 0.442. The average Bonchev–Trinajstić information content (AvgIpc) is 3.59. The fourth-order valence-corrected chi connectivity index (χ4v) is 9.25. The highest BCUT2D eigenvalue weighted by molar-refractivity contribution is 6.08. The molecule has 65 heavy (non-hydrogen) atoms. The molecule has 1 fully saturated rings. The Kier molecular flexibility index (Phi) is 13.1. The number of carbonyl (C=O) groups is 4. The van der Waals surface area contributed by atoms with E-state index in [0.29, 0.717) is 75.2 Å². The predicted molar refractivity (Wildman–Crippen MR) is 251 cm³/mol. The van der Waals surface area contributed by atoms with E-state index in [0.717, 1.165) is 51.3 Å². The molecule has 0 saturated heterocycles. The number of nitrogens with zero attached hydrogens (tertiary/aromatic N) is 4. The second kappa shape index (κ2) is 18.9. The lowest BCUT2D eigenvalue weighted by Crippen LogP contribution is -2.43. The van der Waals surface area contributed by atoms with Crippen LogP contribution < -0.4 is 15.0 Å². The zero-order chi connectivity index (χ0) is 46.0. The number of rotatable bonds is 9. The minimum Gasteiger partial charge on any atom is -0.489 e. The largest absolute Gasteiger partial charge is 0.489 e. The van der Waals surface area contributed by atoms with E-state index in [1.807, 2.05) is 123 Å². The number of hydrogen-bond donors (Lipinski definition) is 1. The molecule has 0 bridgehead atoms. The van der Waals surface area contributed by atoms with Crippen LogP contribution in [0.4, 0.5) is 15.3 Å². The molecule has 1 N–H and O–H groups in total. The molecule has 5 aromatic rings. The zero-order valence-electron chi connectivity index (χ0n) is 38.7. The average molecular weight is 880 g/mol. The number of amides is 4. The van der Waals surface area contributed by atoms with Gasteiger partial charge in [0.1, 0.15) is 24.1 Å². The quantitative estimate of drug-likeness (QED) is 0.157. The van der Waals surface area contributed by atoms with Crippen LogP contribution in [-0.2, 0) is 49.1 Å². The first kappa shape index (κ1) is 45.0. The third kappa shape index (κ3) is 10.2. The van der Waals surface area contributed by atoms with Crippen LogP contribution in [0.15, 0.2) is 97.1 Å². The molecule has 3 heterocycles. The Morgan fingerprint density at radius 3 is 2.20 bits per heavy atom. The number of aromatic nitrogens is 1. The van der Waals surface area contributed by atoms with Gasteiger partial charge in [-0.15, -0.1) is 0 Å². The third-order valence-electron chi connectivity index (χ3n) is 13.1. The van der Waals surface area contributed by atoms with E-state index in [9.17, 15) is 14.4 Å². The lowest BCUT2D eigenvalue weighted by Gasteiger charge is -2.36. The van der Waals surface area contributed by atoms with Crippen LogP contribution in [0.5, 0.6) is 5.75 Å². The van der Waals surface area contributed by atoms with Crippen molar-refractivity contribution in [3.8, 4) is 17.0 Å². The maximum atomic E-state index is 15.0. The summed E-state index contributed by atoms with van der Waals surface area (Å²) < 4.78 is 19.5. The molecule has 2 aliphatic heterocycles. The molecule has 12 heteroatoms. The Balaban J connectivity index is 1.02. The maximum Gasteiger partial charge on any atom is 0.410 e. The second-order valence-corrected chi connectivity index (χ2v) is 18.8. The number of benzene rings is 4. The normalized spacial score (nSPS) is 18.2. The molecule has 1 saturated carbocycles. The van der Waals surface area contributed by atoms with Crippen LogP contribution in [0, 0.1) is 6.92 Å². The summed E-state index contributed by atoms with van der Waals surface area (Å²) >= 11 is 0. The van der Waals surface area contributed by atoms with Crippen molar-refractivity contribution in [1.82, 2.24) is 19.7 Å². The molecule has 1 aromatic heterocycles. The minimum atomic E-state index is -0.575. The van der Waals surface area contributed by atoms with Gasteiger partial charge in [0, 0.05) is 74.0 Å². The minimum absolute atomic E-state index is 0.0329. The van der Waals surface area contributed by atoms with Crippen LogP contribution in [-0.4, -0.2) is 75.7 Å². The van der Waals surface area contributed by atoms with Gasteiger partial charge in [0.15, 0.2) is 0 Å². The fraction of sp³-hybridized carbons (Fsp3) is 0.396. The molecule has 4 aromatic carbocycles. The monoisotopic (exact) mass is 879 g/mol. The van der Waals surface area contributed by atoms with Crippen molar-refractivity contribution in [2.24, 2.45) is 7.05 Å². The van der Waals surface area contributed by atoms with Gasteiger partial charge >= 0.3 is 12.2 Å². The van der Waals surface area contributed by atoms with Crippen molar-refractivity contribution in [2.45, 2.75) is 117 Å². The van der Waals surface area contributed by atoms with Gasteiger partial charge in [0.2, 0.25) is 0 Å². The molecule has 340 valence electrons. The highest BCUT2D eigenvalue weighted by atomic mass is 16.6. The van der Waals surface area contributed by atoms with Crippen LogP contribution in [0.1, 0.15) is 108 Å². The maximum absolute atomic E-state index is 15.0. The number of hydrogen-bond acceptors (Lipinski definition) is 7. The summed E-state index contributed by atoms with van der Waals surface area (Å²) in [6.07, 6.45) is 2.92. The number of fused-ring (bicyclic) bond motifs is 2. The Labute approximate surface area is 382 Å². The number of nitrogens with one attached hydrogen (secondary N) is 1. The standard InChI is InChI=1S/C53H61N5O7/c1-34-27-37-15-11-12-16-39(37)32-58(34)50(60)47-29-40-31-57(52(62)64-44-21-17-41(18-22-44)54-51(61)65-53(3,4)5)26-25-38(40)28-46(47)48-30-45(35(2)55(48)6)49(59)56(7)42-19-23-43(24-20-42)63-33-36-13-9-8-10-14-36/h8-16,19-20,23-24,28-30,34,41,44H,17-18,21-22,25-27,31-33H2,1-7H3,(H,54,61)/t34-,41-,44-/m1/s1. The number of ether oxygens (including phenoxy) is 3. The highest BCUT2D eigenvalue weighted by Gasteiger charge is 2.34. The molecule has 12 nitrogen and oxygen atoms in total. The van der Waals surface area contributed by atoms with Gasteiger partial charge in [0.05, 0.1) is 5.56 Å². The lowest BCUT2D eigenvalue weighted by molar-refractivity contribution is 0.0311. The van der Waals surface area contributed by atoms with Gasteiger partial charge in [0.25, 0.3) is 11.8 Å². The molecule has 4 amide bonds. The van der Waals surface area contributed by atoms with Crippen molar-refractivity contribution in [2.75, 3.05) is 18.5 Å². The zero-order valence-corrected chi connectivity index (χ0v) is 38.7. The van der Waals surface area contributed by atoms with E-state index in [4.69, 9.17) is 14.2 Å². The summed E-state index contributed by atoms with van der Waals surface area (Å²) in [6, 6.07) is 31.6. The van der Waals surface area contributed by atoms with E-state index in [1.54, 1.807) is 16.8 Å². The number of alkyl carbamates (subject to hydrolysis) is 1. The van der Waals surface area contributed by atoms with Crippen LogP contribution in [0.2, 0.25) is 0 Å². The Morgan fingerprint density at radius 1 is 0.800 bits per heavy atom. The molecule has 1 aliphatic carbocycles. The van der Waals surface area contributed by atoms with E-state index in [2.05, 4.69) is 30.4 Å². The summed E-state index contributed by atoms with van der Waals surface area (Å²) in [5, 5.41) is 2.95. The van der Waals surface area contributed by atoms with Crippen molar-refractivity contribution in [1.29, 1.82) is 0 Å². The second-order valence-electron chi connectivity index (χ2n) is 18.8. The van der Waals surface area contributed by atoms with Crippen molar-refractivity contribution < 1.29 is 33.4 Å². The Hall–Kier alpha value is -6.56. The van der Waals surface area contributed by atoms with E-state index in [1.165, 1.54) is 5.56 Å². The van der Waals surface area contributed by atoms with Gasteiger partial charge < -0.3 is 38.8 Å². The molecular formula is C53H61N5O7. The van der Waals surface area contributed by atoms with Crippen LogP contribution in [0.25, 0.3) is 11.3 Å². The molecule has 1 atom stereocenters. The van der Waals surface area contributed by atoms with E-state index >= 15 is 4.79 Å². The molecular weight excluding hydrogens is 819 g/mol.